The van der Waals surface area contributed by atoms with E-state index >= 15 is 0 Å². The number of hydrogen-bond donors (Lipinski definition) is 1. The number of carboxylic acids is 1. The monoisotopic (exact) mass is 268 g/mol. The van der Waals surface area contributed by atoms with Gasteiger partial charge in [-0.1, -0.05) is 6.07 Å². The number of benzene rings is 1. The lowest BCUT2D eigenvalue weighted by molar-refractivity contribution is -0.137. The molecule has 0 fully saturated rings. The second-order valence-electron chi connectivity index (χ2n) is 4.60. The highest BCUT2D eigenvalue weighted by Gasteiger charge is 2.18. The van der Waals surface area contributed by atoms with E-state index in [0.29, 0.717) is 4.90 Å². The maximum absolute atomic E-state index is 12.0. The van der Waals surface area contributed by atoms with Gasteiger partial charge in [0, 0.05) is 6.42 Å². The number of rotatable bonds is 5. The first kappa shape index (κ1) is 13.1. The average molecular weight is 268 g/mol. The summed E-state index contributed by atoms with van der Waals surface area (Å²) >= 11 is 0. The van der Waals surface area contributed by atoms with Crippen LogP contribution in [0.2, 0.25) is 0 Å². The molecule has 0 bridgehead atoms. The van der Waals surface area contributed by atoms with Gasteiger partial charge in [0.25, 0.3) is 0 Å². The molecule has 0 spiro atoms. The Balaban J connectivity index is 2.12. The van der Waals surface area contributed by atoms with Crippen LogP contribution in [0.3, 0.4) is 0 Å². The minimum absolute atomic E-state index is 0.0991. The van der Waals surface area contributed by atoms with Crippen molar-refractivity contribution in [2.24, 2.45) is 0 Å². The van der Waals surface area contributed by atoms with Crippen LogP contribution in [-0.4, -0.2) is 25.2 Å². The van der Waals surface area contributed by atoms with Crippen LogP contribution in [0, 0.1) is 0 Å². The van der Waals surface area contributed by atoms with Crippen LogP contribution < -0.4 is 0 Å². The van der Waals surface area contributed by atoms with Crippen molar-refractivity contribution >= 4 is 15.8 Å². The van der Waals surface area contributed by atoms with Crippen LogP contribution in [0.5, 0.6) is 0 Å². The first-order valence-electron chi connectivity index (χ1n) is 6.05. The van der Waals surface area contributed by atoms with Gasteiger partial charge in [0.1, 0.15) is 0 Å². The highest BCUT2D eigenvalue weighted by molar-refractivity contribution is 7.91. The molecule has 1 aromatic rings. The average Bonchev–Trinajstić information content (AvgIpc) is 2.74. The summed E-state index contributed by atoms with van der Waals surface area (Å²) in [6.07, 6.45) is 3.10. The Labute approximate surface area is 107 Å². The molecule has 1 aromatic carbocycles. The minimum atomic E-state index is -3.34. The minimum Gasteiger partial charge on any atom is -0.481 e. The number of aryl methyl sites for hydroxylation is 2. The van der Waals surface area contributed by atoms with Gasteiger partial charge < -0.3 is 5.11 Å². The number of fused-ring (bicyclic) bond motifs is 1. The largest absolute Gasteiger partial charge is 0.481 e. The van der Waals surface area contributed by atoms with E-state index in [9.17, 15) is 13.2 Å². The number of carbonyl (C=O) groups is 1. The molecule has 0 radical (unpaired) electrons. The Morgan fingerprint density at radius 3 is 2.67 bits per heavy atom. The Morgan fingerprint density at radius 2 is 1.94 bits per heavy atom. The SMILES string of the molecule is O=C(O)CCCS(=O)(=O)c1ccc2c(c1)CCC2. The van der Waals surface area contributed by atoms with Crippen LogP contribution >= 0.6 is 0 Å². The summed E-state index contributed by atoms with van der Waals surface area (Å²) in [6.45, 7) is 0. The fraction of sp³-hybridized carbons (Fsp3) is 0.462. The van der Waals surface area contributed by atoms with E-state index in [-0.39, 0.29) is 18.6 Å². The third-order valence-electron chi connectivity index (χ3n) is 3.23. The molecule has 0 saturated heterocycles. The van der Waals surface area contributed by atoms with E-state index in [1.54, 1.807) is 12.1 Å². The fourth-order valence-corrected chi connectivity index (χ4v) is 3.63. The molecule has 0 amide bonds. The van der Waals surface area contributed by atoms with Crippen molar-refractivity contribution in [2.45, 2.75) is 37.0 Å². The van der Waals surface area contributed by atoms with E-state index < -0.39 is 15.8 Å². The summed E-state index contributed by atoms with van der Waals surface area (Å²) in [5.41, 5.74) is 2.36. The predicted octanol–water partition coefficient (Wildman–Crippen LogP) is 1.81. The van der Waals surface area contributed by atoms with Crippen molar-refractivity contribution in [1.82, 2.24) is 0 Å². The molecule has 1 N–H and O–H groups in total. The lowest BCUT2D eigenvalue weighted by Gasteiger charge is -2.06. The molecule has 1 aliphatic rings. The molecule has 0 aromatic heterocycles. The zero-order chi connectivity index (χ0) is 13.2. The molecule has 1 aliphatic carbocycles. The van der Waals surface area contributed by atoms with Gasteiger partial charge in [-0.3, -0.25) is 4.79 Å². The Kier molecular flexibility index (Phi) is 3.71. The van der Waals surface area contributed by atoms with Gasteiger partial charge in [-0.2, -0.15) is 0 Å². The molecular weight excluding hydrogens is 252 g/mol. The normalized spacial score (nSPS) is 14.4. The van der Waals surface area contributed by atoms with E-state index in [4.69, 9.17) is 5.11 Å². The fourth-order valence-electron chi connectivity index (χ4n) is 2.27. The number of hydrogen-bond acceptors (Lipinski definition) is 3. The molecule has 0 saturated carbocycles. The lowest BCUT2D eigenvalue weighted by Crippen LogP contribution is -2.09. The van der Waals surface area contributed by atoms with Gasteiger partial charge in [-0.25, -0.2) is 8.42 Å². The number of aliphatic carboxylic acids is 1. The third-order valence-corrected chi connectivity index (χ3v) is 5.03. The standard InChI is InChI=1S/C13H16O4S/c14-13(15)5-2-8-18(16,17)12-7-6-10-3-1-4-11(10)9-12/h6-7,9H,1-5,8H2,(H,14,15). The van der Waals surface area contributed by atoms with Crippen molar-refractivity contribution in [3.63, 3.8) is 0 Å². The number of carboxylic acid groups (broad SMARTS) is 1. The molecule has 5 heteroatoms. The summed E-state index contributed by atoms with van der Waals surface area (Å²) in [7, 11) is -3.34. The second kappa shape index (κ2) is 5.10. The van der Waals surface area contributed by atoms with Crippen molar-refractivity contribution in [2.75, 3.05) is 5.75 Å². The summed E-state index contributed by atoms with van der Waals surface area (Å²) < 4.78 is 24.0. The predicted molar refractivity (Wildman–Crippen MR) is 67.4 cm³/mol. The first-order chi connectivity index (χ1) is 8.49. The van der Waals surface area contributed by atoms with Crippen LogP contribution in [0.4, 0.5) is 0 Å². The maximum Gasteiger partial charge on any atom is 0.303 e. The van der Waals surface area contributed by atoms with Crippen molar-refractivity contribution in [1.29, 1.82) is 0 Å². The zero-order valence-corrected chi connectivity index (χ0v) is 10.9. The summed E-state index contributed by atoms with van der Waals surface area (Å²) in [5, 5.41) is 8.51. The molecule has 0 unspecified atom stereocenters. The van der Waals surface area contributed by atoms with Crippen LogP contribution in [-0.2, 0) is 27.5 Å². The molecule has 0 heterocycles. The van der Waals surface area contributed by atoms with Crippen molar-refractivity contribution in [3.8, 4) is 0 Å². The highest BCUT2D eigenvalue weighted by Crippen LogP contribution is 2.25. The Hall–Kier alpha value is -1.36. The molecule has 0 atom stereocenters. The Morgan fingerprint density at radius 1 is 1.22 bits per heavy atom. The quantitative estimate of drug-likeness (QED) is 0.884. The van der Waals surface area contributed by atoms with E-state index in [1.165, 1.54) is 5.56 Å². The van der Waals surface area contributed by atoms with Gasteiger partial charge in [0.2, 0.25) is 0 Å². The zero-order valence-electron chi connectivity index (χ0n) is 10.1. The summed E-state index contributed by atoms with van der Waals surface area (Å²) in [6, 6.07) is 5.27. The molecule has 18 heavy (non-hydrogen) atoms. The van der Waals surface area contributed by atoms with Gasteiger partial charge in [-0.15, -0.1) is 0 Å². The topological polar surface area (TPSA) is 71.4 Å². The van der Waals surface area contributed by atoms with E-state index in [2.05, 4.69) is 0 Å². The van der Waals surface area contributed by atoms with Crippen LogP contribution in [0.25, 0.3) is 0 Å². The lowest BCUT2D eigenvalue weighted by atomic mass is 10.1. The maximum atomic E-state index is 12.0. The first-order valence-corrected chi connectivity index (χ1v) is 7.70. The molecule has 4 nitrogen and oxygen atoms in total. The van der Waals surface area contributed by atoms with Crippen LogP contribution in [0.15, 0.2) is 23.1 Å². The number of sulfone groups is 1. The van der Waals surface area contributed by atoms with Crippen LogP contribution in [0.1, 0.15) is 30.4 Å². The van der Waals surface area contributed by atoms with E-state index in [0.717, 1.165) is 24.8 Å². The van der Waals surface area contributed by atoms with Gasteiger partial charge in [0.05, 0.1) is 10.6 Å². The van der Waals surface area contributed by atoms with Crippen molar-refractivity contribution in [3.05, 3.63) is 29.3 Å². The molecule has 2 rings (SSSR count). The molecule has 0 aliphatic heterocycles. The van der Waals surface area contributed by atoms with Gasteiger partial charge >= 0.3 is 5.97 Å². The summed E-state index contributed by atoms with van der Waals surface area (Å²) in [5.74, 6) is -1.06. The Bertz CT molecular complexity index is 560. The third kappa shape index (κ3) is 2.90. The smallest absolute Gasteiger partial charge is 0.303 e. The highest BCUT2D eigenvalue weighted by atomic mass is 32.2. The van der Waals surface area contributed by atoms with Gasteiger partial charge in [-0.05, 0) is 48.9 Å². The molecular formula is C13H16O4S. The van der Waals surface area contributed by atoms with Gasteiger partial charge in [0.15, 0.2) is 9.84 Å². The molecule has 98 valence electrons. The summed E-state index contributed by atoms with van der Waals surface area (Å²) in [4.78, 5) is 10.7. The van der Waals surface area contributed by atoms with E-state index in [1.807, 2.05) is 6.07 Å². The second-order valence-corrected chi connectivity index (χ2v) is 6.71. The van der Waals surface area contributed by atoms with Crippen molar-refractivity contribution < 1.29 is 18.3 Å².